The molecule has 0 amide bonds. The molecule has 13 rings (SSSR count). The Labute approximate surface area is 379 Å². The highest BCUT2D eigenvalue weighted by molar-refractivity contribution is 6.14. The molecule has 2 aliphatic rings. The second-order valence-electron chi connectivity index (χ2n) is 17.7. The minimum absolute atomic E-state index is 0.416. The summed E-state index contributed by atoms with van der Waals surface area (Å²) in [4.78, 5) is 2.45. The Morgan fingerprint density at radius 3 is 1.51 bits per heavy atom. The summed E-state index contributed by atoms with van der Waals surface area (Å²) in [6.07, 6.45) is 0. The van der Waals surface area contributed by atoms with Crippen molar-refractivity contribution in [3.05, 3.63) is 282 Å². The predicted octanol–water partition coefficient (Wildman–Crippen LogP) is 16.4. The zero-order valence-corrected chi connectivity index (χ0v) is 35.9. The lowest BCUT2D eigenvalue weighted by Crippen LogP contribution is -2.28. The summed E-state index contributed by atoms with van der Waals surface area (Å²) in [7, 11) is 0. The lowest BCUT2D eigenvalue weighted by molar-refractivity contribution is 0.638. The number of hydrogen-bond acceptors (Lipinski definition) is 2. The number of fused-ring (bicyclic) bond motifs is 9. The van der Waals surface area contributed by atoms with Crippen LogP contribution < -0.4 is 4.90 Å². The lowest BCUT2D eigenvalue weighted by Gasteiger charge is -2.35. The van der Waals surface area contributed by atoms with E-state index in [9.17, 15) is 0 Å². The van der Waals surface area contributed by atoms with Crippen LogP contribution in [0.5, 0.6) is 0 Å². The molecule has 2 nitrogen and oxygen atoms in total. The molecule has 2 aliphatic carbocycles. The highest BCUT2D eigenvalue weighted by Crippen LogP contribution is 2.58. The summed E-state index contributed by atoms with van der Waals surface area (Å²) in [5.74, 6) is 0. The molecule has 0 aliphatic heterocycles. The molecule has 11 aromatic rings. The van der Waals surface area contributed by atoms with Gasteiger partial charge in [0.2, 0.25) is 0 Å². The summed E-state index contributed by atoms with van der Waals surface area (Å²) >= 11 is 0. The molecule has 65 heavy (non-hydrogen) atoms. The van der Waals surface area contributed by atoms with E-state index in [4.69, 9.17) is 4.42 Å². The summed E-state index contributed by atoms with van der Waals surface area (Å²) < 4.78 is 7.17. The van der Waals surface area contributed by atoms with Gasteiger partial charge in [-0.15, -0.1) is 0 Å². The van der Waals surface area contributed by atoms with E-state index in [1.165, 1.54) is 72.3 Å². The second-order valence-corrected chi connectivity index (χ2v) is 17.7. The van der Waals surface area contributed by atoms with E-state index in [0.717, 1.165) is 39.0 Å². The third-order valence-electron chi connectivity index (χ3n) is 14.4. The molecule has 0 radical (unpaired) electrons. The monoisotopic (exact) mass is 829 g/mol. The van der Waals surface area contributed by atoms with Crippen LogP contribution in [0.25, 0.3) is 55.3 Å². The summed E-state index contributed by atoms with van der Waals surface area (Å²) in [5.41, 5.74) is 20.3. The van der Waals surface area contributed by atoms with Crippen LogP contribution in [0.2, 0.25) is 0 Å². The molecule has 2 heteroatoms. The van der Waals surface area contributed by atoms with Gasteiger partial charge in [-0.25, -0.2) is 0 Å². The molecule has 0 fully saturated rings. The Kier molecular flexibility index (Phi) is 8.29. The minimum atomic E-state index is -0.542. The molecule has 306 valence electrons. The van der Waals surface area contributed by atoms with E-state index in [1.54, 1.807) is 0 Å². The first-order valence-corrected chi connectivity index (χ1v) is 22.6. The zero-order valence-electron chi connectivity index (χ0n) is 35.9. The van der Waals surface area contributed by atoms with Gasteiger partial charge in [0.05, 0.1) is 16.5 Å². The van der Waals surface area contributed by atoms with Gasteiger partial charge in [0.25, 0.3) is 0 Å². The van der Waals surface area contributed by atoms with Crippen molar-refractivity contribution in [1.82, 2.24) is 0 Å². The molecule has 1 heterocycles. The van der Waals surface area contributed by atoms with Gasteiger partial charge in [0, 0.05) is 27.7 Å². The van der Waals surface area contributed by atoms with Crippen LogP contribution in [0, 0.1) is 0 Å². The quantitative estimate of drug-likeness (QED) is 0.159. The van der Waals surface area contributed by atoms with Gasteiger partial charge in [-0.1, -0.05) is 206 Å². The van der Waals surface area contributed by atoms with Crippen molar-refractivity contribution < 1.29 is 4.42 Å². The van der Waals surface area contributed by atoms with Crippen LogP contribution in [0.15, 0.2) is 247 Å². The van der Waals surface area contributed by atoms with Crippen molar-refractivity contribution in [2.75, 3.05) is 4.90 Å². The van der Waals surface area contributed by atoms with Gasteiger partial charge in [0.1, 0.15) is 11.2 Å². The first-order chi connectivity index (χ1) is 32.1. The molecule has 0 saturated heterocycles. The third-order valence-corrected chi connectivity index (χ3v) is 14.4. The van der Waals surface area contributed by atoms with E-state index < -0.39 is 10.8 Å². The maximum Gasteiger partial charge on any atom is 0.139 e. The number of benzene rings is 10. The first-order valence-electron chi connectivity index (χ1n) is 22.6. The second kappa shape index (κ2) is 14.4. The molecule has 1 aromatic heterocycles. The Balaban J connectivity index is 1.07. The van der Waals surface area contributed by atoms with Gasteiger partial charge in [-0.05, 0) is 110 Å². The van der Waals surface area contributed by atoms with E-state index >= 15 is 0 Å². The van der Waals surface area contributed by atoms with Crippen LogP contribution >= 0.6 is 0 Å². The molecule has 0 atom stereocenters. The van der Waals surface area contributed by atoms with Crippen LogP contribution in [0.3, 0.4) is 0 Å². The highest BCUT2D eigenvalue weighted by atomic mass is 16.3. The number of hydrogen-bond donors (Lipinski definition) is 0. The lowest BCUT2D eigenvalue weighted by atomic mass is 9.67. The van der Waals surface area contributed by atoms with Crippen molar-refractivity contribution >= 4 is 39.0 Å². The maximum atomic E-state index is 7.17. The maximum absolute atomic E-state index is 7.17. The molecule has 0 saturated carbocycles. The number of anilines is 3. The van der Waals surface area contributed by atoms with Crippen molar-refractivity contribution in [2.45, 2.75) is 17.8 Å². The highest BCUT2D eigenvalue weighted by Gasteiger charge is 2.47. The van der Waals surface area contributed by atoms with Crippen LogP contribution in [-0.4, -0.2) is 0 Å². The SMILES string of the molecule is CC1(c2cccc3c2oc2cccc(N(c4ccc(-c5ccccc5)cc4)c4ccc5c(c4)C(c4ccccc4)(c4ccccc4)c4ccccc4-5)c23)c2ccccc2-c2ccccc21. The zero-order chi connectivity index (χ0) is 43.1. The molecule has 10 aromatic carbocycles. The van der Waals surface area contributed by atoms with Crippen molar-refractivity contribution in [1.29, 1.82) is 0 Å². The standard InChI is InChI=1S/C63H43NO/c1-62(53-29-14-11-25-48(53)49-26-12-15-30-54(49)62)56-32-17-28-52-60-58(33-18-34-59(60)65-61(52)56)64(46-37-35-43(36-38-46)42-19-5-2-6-20-42)47-39-40-51-50-27-13-16-31-55(50)63(57(51)41-47,44-21-7-3-8-22-44)45-23-9-4-10-24-45/h2-41H,1H3. The fourth-order valence-electron chi connectivity index (χ4n) is 11.6. The van der Waals surface area contributed by atoms with Gasteiger partial charge >= 0.3 is 0 Å². The van der Waals surface area contributed by atoms with Crippen molar-refractivity contribution in [3.63, 3.8) is 0 Å². The summed E-state index contributed by atoms with van der Waals surface area (Å²) in [6.45, 7) is 2.37. The van der Waals surface area contributed by atoms with E-state index in [0.29, 0.717) is 0 Å². The van der Waals surface area contributed by atoms with Gasteiger partial charge in [-0.2, -0.15) is 0 Å². The van der Waals surface area contributed by atoms with Crippen LogP contribution in [-0.2, 0) is 10.8 Å². The average Bonchev–Trinajstić information content (AvgIpc) is 4.00. The van der Waals surface area contributed by atoms with Gasteiger partial charge in [0.15, 0.2) is 0 Å². The predicted molar refractivity (Wildman–Crippen MR) is 269 cm³/mol. The summed E-state index contributed by atoms with van der Waals surface area (Å²) in [5, 5.41) is 2.18. The Morgan fingerprint density at radius 2 is 0.862 bits per heavy atom. The largest absolute Gasteiger partial charge is 0.456 e. The first kappa shape index (κ1) is 37.4. The Hall–Kier alpha value is -8.20. The molecule has 0 unspecified atom stereocenters. The average molecular weight is 830 g/mol. The number of nitrogens with zero attached hydrogens (tertiary/aromatic N) is 1. The molecule has 0 bridgehead atoms. The Bertz CT molecular complexity index is 3520. The van der Waals surface area contributed by atoms with E-state index in [-0.39, 0.29) is 0 Å². The van der Waals surface area contributed by atoms with Crippen molar-refractivity contribution in [2.24, 2.45) is 0 Å². The van der Waals surface area contributed by atoms with Gasteiger partial charge in [-0.3, -0.25) is 0 Å². The fraction of sp³-hybridized carbons (Fsp3) is 0.0476. The number of furan rings is 1. The molecule has 0 N–H and O–H groups in total. The third kappa shape index (κ3) is 5.35. The topological polar surface area (TPSA) is 16.4 Å². The van der Waals surface area contributed by atoms with E-state index in [2.05, 4.69) is 254 Å². The van der Waals surface area contributed by atoms with E-state index in [1.807, 2.05) is 0 Å². The Morgan fingerprint density at radius 1 is 0.369 bits per heavy atom. The molecular weight excluding hydrogens is 787 g/mol. The van der Waals surface area contributed by atoms with Crippen LogP contribution in [0.1, 0.15) is 45.9 Å². The number of rotatable bonds is 7. The number of para-hydroxylation sites is 1. The smallest absolute Gasteiger partial charge is 0.139 e. The fourth-order valence-corrected chi connectivity index (χ4v) is 11.6. The summed E-state index contributed by atoms with van der Waals surface area (Å²) in [6, 6.07) is 88.9. The normalized spacial score (nSPS) is 13.9. The van der Waals surface area contributed by atoms with Crippen LogP contribution in [0.4, 0.5) is 17.1 Å². The molecular formula is C63H43NO. The van der Waals surface area contributed by atoms with Gasteiger partial charge < -0.3 is 9.32 Å². The van der Waals surface area contributed by atoms with Crippen molar-refractivity contribution in [3.8, 4) is 33.4 Å². The molecule has 0 spiro atoms. The minimum Gasteiger partial charge on any atom is -0.456 e.